The second-order valence-electron chi connectivity index (χ2n) is 8.20. The maximum absolute atomic E-state index is 13.2. The largest absolute Gasteiger partial charge is 0.381 e. The first kappa shape index (κ1) is 19.0. The topological polar surface area (TPSA) is 43.4 Å². The normalized spacial score (nSPS) is 24.9. The lowest BCUT2D eigenvalue weighted by atomic mass is 9.84. The summed E-state index contributed by atoms with van der Waals surface area (Å²) < 4.78 is 18.6. The highest BCUT2D eigenvalue weighted by Crippen LogP contribution is 2.40. The molecule has 28 heavy (non-hydrogen) atoms. The van der Waals surface area contributed by atoms with Crippen molar-refractivity contribution in [2.45, 2.75) is 39.0 Å². The van der Waals surface area contributed by atoms with E-state index in [4.69, 9.17) is 4.74 Å². The van der Waals surface area contributed by atoms with Gasteiger partial charge >= 0.3 is 0 Å². The van der Waals surface area contributed by atoms with E-state index in [1.54, 1.807) is 12.1 Å². The first-order valence-electron chi connectivity index (χ1n) is 9.95. The van der Waals surface area contributed by atoms with Gasteiger partial charge in [-0.2, -0.15) is 0 Å². The maximum atomic E-state index is 13.2. The molecule has 2 aromatic rings. The van der Waals surface area contributed by atoms with Gasteiger partial charge in [0.25, 0.3) is 0 Å². The van der Waals surface area contributed by atoms with Gasteiger partial charge in [-0.25, -0.2) is 4.39 Å². The number of hydrogen-bond acceptors (Lipinski definition) is 3. The lowest BCUT2D eigenvalue weighted by molar-refractivity contribution is -0.125. The Kier molecular flexibility index (Phi) is 5.15. The van der Waals surface area contributed by atoms with Crippen molar-refractivity contribution in [3.8, 4) is 11.1 Å². The number of aryl methyl sites for hydroxylation is 2. The molecule has 0 radical (unpaired) electrons. The first-order chi connectivity index (χ1) is 13.4. The molecule has 0 bridgehead atoms. The predicted octanol–water partition coefficient (Wildman–Crippen LogP) is 4.78. The van der Waals surface area contributed by atoms with E-state index in [2.05, 4.69) is 0 Å². The molecule has 3 nitrogen and oxygen atoms in total. The molecule has 1 aliphatic carbocycles. The second-order valence-corrected chi connectivity index (χ2v) is 8.20. The molecule has 4 heteroatoms. The fraction of sp³-hybridized carbons (Fsp3) is 0.417. The van der Waals surface area contributed by atoms with Crippen molar-refractivity contribution in [3.63, 3.8) is 0 Å². The van der Waals surface area contributed by atoms with Crippen LogP contribution in [0, 0.1) is 31.5 Å². The van der Waals surface area contributed by atoms with Crippen LogP contribution in [0.4, 0.5) is 4.39 Å². The number of carbonyl (C=O) groups is 2. The third kappa shape index (κ3) is 3.53. The third-order valence-electron chi connectivity index (χ3n) is 6.16. The first-order valence-corrected chi connectivity index (χ1v) is 9.95. The Bertz CT molecular complexity index is 887. The molecule has 3 unspecified atom stereocenters. The van der Waals surface area contributed by atoms with Gasteiger partial charge in [0.05, 0.1) is 0 Å². The van der Waals surface area contributed by atoms with Crippen LogP contribution in [0.1, 0.15) is 41.9 Å². The van der Waals surface area contributed by atoms with Gasteiger partial charge in [-0.05, 0) is 72.6 Å². The van der Waals surface area contributed by atoms with Crippen LogP contribution >= 0.6 is 0 Å². The molecule has 0 spiro atoms. The van der Waals surface area contributed by atoms with E-state index in [9.17, 15) is 14.0 Å². The third-order valence-corrected chi connectivity index (χ3v) is 6.16. The van der Waals surface area contributed by atoms with Gasteiger partial charge in [-0.1, -0.05) is 24.3 Å². The van der Waals surface area contributed by atoms with Gasteiger partial charge in [0.2, 0.25) is 0 Å². The minimum absolute atomic E-state index is 0.0367. The van der Waals surface area contributed by atoms with E-state index in [0.29, 0.717) is 18.9 Å². The van der Waals surface area contributed by atoms with Crippen LogP contribution in [0.15, 0.2) is 36.4 Å². The minimum Gasteiger partial charge on any atom is -0.381 e. The van der Waals surface area contributed by atoms with E-state index in [1.807, 2.05) is 26.0 Å². The average Bonchev–Trinajstić information content (AvgIpc) is 3.25. The highest BCUT2D eigenvalue weighted by molar-refractivity contribution is 6.15. The zero-order valence-electron chi connectivity index (χ0n) is 16.3. The van der Waals surface area contributed by atoms with Gasteiger partial charge in [0.15, 0.2) is 5.78 Å². The SMILES string of the molecule is Cc1cc(-c2ccc(F)cc2)cc(C)c1C1C(=O)CC(CC2CCOC2)C1=O. The number of rotatable bonds is 4. The van der Waals surface area contributed by atoms with E-state index in [-0.39, 0.29) is 23.3 Å². The molecule has 1 saturated carbocycles. The lowest BCUT2D eigenvalue weighted by Crippen LogP contribution is -2.19. The van der Waals surface area contributed by atoms with Crippen LogP contribution in [0.25, 0.3) is 11.1 Å². The van der Waals surface area contributed by atoms with Crippen LogP contribution in [0.3, 0.4) is 0 Å². The lowest BCUT2D eigenvalue weighted by Gasteiger charge is -2.18. The Morgan fingerprint density at radius 1 is 1.04 bits per heavy atom. The smallest absolute Gasteiger partial charge is 0.151 e. The molecule has 2 aliphatic rings. The average molecular weight is 380 g/mol. The molecule has 1 aliphatic heterocycles. The van der Waals surface area contributed by atoms with Crippen LogP contribution in [-0.4, -0.2) is 24.8 Å². The standard InChI is InChI=1S/C24H25FO3/c1-14-9-18(17-3-5-20(25)6-4-17)10-15(2)22(14)23-21(26)12-19(24(23)27)11-16-7-8-28-13-16/h3-6,9-10,16,19,23H,7-8,11-13H2,1-2H3. The van der Waals surface area contributed by atoms with Crippen molar-refractivity contribution in [3.05, 3.63) is 58.9 Å². The van der Waals surface area contributed by atoms with Crippen molar-refractivity contribution in [2.75, 3.05) is 13.2 Å². The van der Waals surface area contributed by atoms with E-state index >= 15 is 0 Å². The zero-order chi connectivity index (χ0) is 19.8. The van der Waals surface area contributed by atoms with Gasteiger partial charge in [0, 0.05) is 25.6 Å². The summed E-state index contributed by atoms with van der Waals surface area (Å²) in [6.45, 7) is 5.36. The van der Waals surface area contributed by atoms with Gasteiger partial charge in [-0.3, -0.25) is 9.59 Å². The summed E-state index contributed by atoms with van der Waals surface area (Å²) >= 11 is 0. The zero-order valence-corrected chi connectivity index (χ0v) is 16.3. The monoisotopic (exact) mass is 380 g/mol. The summed E-state index contributed by atoms with van der Waals surface area (Å²) in [6, 6.07) is 10.4. The summed E-state index contributed by atoms with van der Waals surface area (Å²) in [7, 11) is 0. The molecule has 146 valence electrons. The van der Waals surface area contributed by atoms with Gasteiger partial charge in [0.1, 0.15) is 17.5 Å². The number of ketones is 2. The summed E-state index contributed by atoms with van der Waals surface area (Å²) in [5, 5.41) is 0. The molecule has 3 atom stereocenters. The Hall–Kier alpha value is -2.33. The summed E-state index contributed by atoms with van der Waals surface area (Å²) in [5.74, 6) is -0.597. The Morgan fingerprint density at radius 3 is 2.32 bits per heavy atom. The summed E-state index contributed by atoms with van der Waals surface area (Å²) in [5.41, 5.74) is 4.62. The molecule has 2 aromatic carbocycles. The number of Topliss-reactive ketones (excluding diaryl/α,β-unsaturated/α-hetero) is 2. The molecule has 1 saturated heterocycles. The van der Waals surface area contributed by atoms with Crippen molar-refractivity contribution in [2.24, 2.45) is 11.8 Å². The van der Waals surface area contributed by atoms with Crippen molar-refractivity contribution < 1.29 is 18.7 Å². The van der Waals surface area contributed by atoms with Crippen molar-refractivity contribution >= 4 is 11.6 Å². The Labute approximate surface area is 164 Å². The Morgan fingerprint density at radius 2 is 1.71 bits per heavy atom. The molecule has 2 fully saturated rings. The molecular formula is C24H25FO3. The van der Waals surface area contributed by atoms with Crippen LogP contribution in [-0.2, 0) is 14.3 Å². The highest BCUT2D eigenvalue weighted by atomic mass is 19.1. The number of hydrogen-bond donors (Lipinski definition) is 0. The predicted molar refractivity (Wildman–Crippen MR) is 106 cm³/mol. The van der Waals surface area contributed by atoms with E-state index in [0.717, 1.165) is 47.3 Å². The molecule has 0 N–H and O–H groups in total. The number of benzene rings is 2. The summed E-state index contributed by atoms with van der Waals surface area (Å²) in [4.78, 5) is 25.9. The maximum Gasteiger partial charge on any atom is 0.151 e. The van der Waals surface area contributed by atoms with Crippen LogP contribution < -0.4 is 0 Å². The number of ether oxygens (including phenoxy) is 1. The minimum atomic E-state index is -0.644. The van der Waals surface area contributed by atoms with E-state index in [1.165, 1.54) is 12.1 Å². The fourth-order valence-electron chi connectivity index (χ4n) is 4.77. The van der Waals surface area contributed by atoms with Crippen molar-refractivity contribution in [1.82, 2.24) is 0 Å². The van der Waals surface area contributed by atoms with E-state index < -0.39 is 5.92 Å². The van der Waals surface area contributed by atoms with Gasteiger partial charge < -0.3 is 4.74 Å². The van der Waals surface area contributed by atoms with Crippen LogP contribution in [0.2, 0.25) is 0 Å². The van der Waals surface area contributed by atoms with Crippen molar-refractivity contribution in [1.29, 1.82) is 0 Å². The molecular weight excluding hydrogens is 355 g/mol. The quantitative estimate of drug-likeness (QED) is 0.717. The molecule has 0 amide bonds. The number of carbonyl (C=O) groups excluding carboxylic acids is 2. The Balaban J connectivity index is 1.62. The molecule has 4 rings (SSSR count). The fourth-order valence-corrected chi connectivity index (χ4v) is 4.77. The van der Waals surface area contributed by atoms with Gasteiger partial charge in [-0.15, -0.1) is 0 Å². The second kappa shape index (κ2) is 7.59. The number of halogens is 1. The van der Waals surface area contributed by atoms with Crippen LogP contribution in [0.5, 0.6) is 0 Å². The summed E-state index contributed by atoms with van der Waals surface area (Å²) in [6.07, 6.45) is 2.08. The molecule has 1 heterocycles. The highest BCUT2D eigenvalue weighted by Gasteiger charge is 2.44. The molecule has 0 aromatic heterocycles.